The van der Waals surface area contributed by atoms with Gasteiger partial charge in [0, 0.05) is 16.8 Å². The third kappa shape index (κ3) is 2.87. The number of halogens is 1. The molecule has 0 saturated carbocycles. The highest BCUT2D eigenvalue weighted by Gasteiger charge is 2.30. The first kappa shape index (κ1) is 12.6. The third-order valence-corrected chi connectivity index (χ3v) is 3.65. The predicted molar refractivity (Wildman–Crippen MR) is 71.0 cm³/mol. The summed E-state index contributed by atoms with van der Waals surface area (Å²) < 4.78 is 6.42. The van der Waals surface area contributed by atoms with Crippen LogP contribution in [-0.2, 0) is 9.53 Å². The van der Waals surface area contributed by atoms with Crippen LogP contribution in [0, 0.1) is 12.8 Å². The van der Waals surface area contributed by atoms with Crippen molar-refractivity contribution in [1.29, 1.82) is 0 Å². The van der Waals surface area contributed by atoms with Gasteiger partial charge in [-0.05, 0) is 44.0 Å². The molecule has 0 aliphatic carbocycles. The normalized spacial score (nSPS) is 23.7. The molecule has 1 aliphatic rings. The van der Waals surface area contributed by atoms with E-state index in [1.54, 1.807) is 0 Å². The second-order valence-corrected chi connectivity index (χ2v) is 5.34. The van der Waals surface area contributed by atoms with Gasteiger partial charge in [0.05, 0.1) is 12.0 Å². The molecule has 17 heavy (non-hydrogen) atoms. The summed E-state index contributed by atoms with van der Waals surface area (Å²) in [6.45, 7) is 4.61. The molecule has 0 bridgehead atoms. The van der Waals surface area contributed by atoms with Gasteiger partial charge in [0.2, 0.25) is 5.91 Å². The number of hydrogen-bond donors (Lipinski definition) is 1. The number of amides is 1. The quantitative estimate of drug-likeness (QED) is 0.911. The molecule has 1 heterocycles. The molecule has 92 valence electrons. The average molecular weight is 298 g/mol. The molecule has 0 radical (unpaired) electrons. The van der Waals surface area contributed by atoms with Gasteiger partial charge in [-0.3, -0.25) is 4.79 Å². The highest BCUT2D eigenvalue weighted by atomic mass is 79.9. The van der Waals surface area contributed by atoms with E-state index in [9.17, 15) is 4.79 Å². The number of benzene rings is 1. The van der Waals surface area contributed by atoms with E-state index in [0.717, 1.165) is 22.1 Å². The first-order valence-electron chi connectivity index (χ1n) is 5.76. The minimum absolute atomic E-state index is 0.0192. The van der Waals surface area contributed by atoms with Crippen molar-refractivity contribution in [3.05, 3.63) is 28.2 Å². The fourth-order valence-corrected chi connectivity index (χ4v) is 2.54. The van der Waals surface area contributed by atoms with Crippen LogP contribution in [0.15, 0.2) is 22.7 Å². The van der Waals surface area contributed by atoms with Crippen LogP contribution >= 0.6 is 15.9 Å². The Morgan fingerprint density at radius 3 is 2.88 bits per heavy atom. The maximum atomic E-state index is 12.1. The van der Waals surface area contributed by atoms with Crippen molar-refractivity contribution in [3.63, 3.8) is 0 Å². The Bertz CT molecular complexity index is 433. The van der Waals surface area contributed by atoms with Crippen LogP contribution < -0.4 is 5.32 Å². The largest absolute Gasteiger partial charge is 0.378 e. The number of aryl methyl sites for hydroxylation is 1. The molecule has 1 fully saturated rings. The summed E-state index contributed by atoms with van der Waals surface area (Å²) in [5.41, 5.74) is 1.93. The zero-order valence-electron chi connectivity index (χ0n) is 10.00. The van der Waals surface area contributed by atoms with Crippen molar-refractivity contribution < 1.29 is 9.53 Å². The first-order valence-corrected chi connectivity index (χ1v) is 6.56. The highest BCUT2D eigenvalue weighted by molar-refractivity contribution is 9.10. The van der Waals surface area contributed by atoms with E-state index in [-0.39, 0.29) is 17.9 Å². The van der Waals surface area contributed by atoms with Gasteiger partial charge < -0.3 is 10.1 Å². The van der Waals surface area contributed by atoms with Crippen LogP contribution in [0.4, 0.5) is 5.69 Å². The van der Waals surface area contributed by atoms with Gasteiger partial charge in [-0.1, -0.05) is 15.9 Å². The van der Waals surface area contributed by atoms with Crippen molar-refractivity contribution in [2.45, 2.75) is 26.4 Å². The van der Waals surface area contributed by atoms with Crippen molar-refractivity contribution in [3.8, 4) is 0 Å². The molecule has 0 spiro atoms. The van der Waals surface area contributed by atoms with E-state index in [1.165, 1.54) is 0 Å². The predicted octanol–water partition coefficient (Wildman–Crippen LogP) is 3.12. The van der Waals surface area contributed by atoms with Crippen LogP contribution in [0.2, 0.25) is 0 Å². The smallest absolute Gasteiger partial charge is 0.230 e. The van der Waals surface area contributed by atoms with Gasteiger partial charge in [-0.2, -0.15) is 0 Å². The van der Waals surface area contributed by atoms with Gasteiger partial charge >= 0.3 is 0 Å². The molecule has 2 unspecified atom stereocenters. The molecule has 1 aromatic carbocycles. The zero-order valence-corrected chi connectivity index (χ0v) is 11.6. The topological polar surface area (TPSA) is 38.3 Å². The summed E-state index contributed by atoms with van der Waals surface area (Å²) in [5, 5.41) is 2.97. The molecule has 1 saturated heterocycles. The number of hydrogen-bond acceptors (Lipinski definition) is 2. The molecular formula is C13H16BrNO2. The van der Waals surface area contributed by atoms with Gasteiger partial charge in [-0.15, -0.1) is 0 Å². The van der Waals surface area contributed by atoms with Gasteiger partial charge in [0.1, 0.15) is 0 Å². The maximum absolute atomic E-state index is 12.1. The van der Waals surface area contributed by atoms with Gasteiger partial charge in [0.25, 0.3) is 0 Å². The fraction of sp³-hybridized carbons (Fsp3) is 0.462. The van der Waals surface area contributed by atoms with Crippen LogP contribution in [0.3, 0.4) is 0 Å². The van der Waals surface area contributed by atoms with Gasteiger partial charge in [0.15, 0.2) is 0 Å². The van der Waals surface area contributed by atoms with Crippen LogP contribution in [-0.4, -0.2) is 18.6 Å². The van der Waals surface area contributed by atoms with Crippen LogP contribution in [0.25, 0.3) is 0 Å². The van der Waals surface area contributed by atoms with E-state index in [4.69, 9.17) is 4.74 Å². The SMILES string of the molecule is Cc1cc(Br)ccc1NC(=O)C1CCOC1C. The zero-order chi connectivity index (χ0) is 12.4. The summed E-state index contributed by atoms with van der Waals surface area (Å²) in [6, 6.07) is 5.83. The molecule has 1 amide bonds. The standard InChI is InChI=1S/C13H16BrNO2/c1-8-7-10(14)3-4-12(8)15-13(16)11-5-6-17-9(11)2/h3-4,7,9,11H,5-6H2,1-2H3,(H,15,16). The number of ether oxygens (including phenoxy) is 1. The van der Waals surface area contributed by atoms with E-state index >= 15 is 0 Å². The number of nitrogens with one attached hydrogen (secondary N) is 1. The Hall–Kier alpha value is -0.870. The molecule has 2 atom stereocenters. The maximum Gasteiger partial charge on any atom is 0.230 e. The van der Waals surface area contributed by atoms with Crippen molar-refractivity contribution in [1.82, 2.24) is 0 Å². The molecule has 2 rings (SSSR count). The minimum Gasteiger partial charge on any atom is -0.378 e. The third-order valence-electron chi connectivity index (χ3n) is 3.16. The molecule has 3 nitrogen and oxygen atoms in total. The van der Waals surface area contributed by atoms with Crippen molar-refractivity contribution >= 4 is 27.5 Å². The lowest BCUT2D eigenvalue weighted by Crippen LogP contribution is -2.28. The molecule has 4 heteroatoms. The number of rotatable bonds is 2. The first-order chi connectivity index (χ1) is 8.08. The molecule has 0 aromatic heterocycles. The van der Waals surface area contributed by atoms with Crippen LogP contribution in [0.5, 0.6) is 0 Å². The lowest BCUT2D eigenvalue weighted by atomic mass is 10.0. The lowest BCUT2D eigenvalue weighted by molar-refractivity contribution is -0.121. The minimum atomic E-state index is -0.0296. The molecule has 1 aromatic rings. The monoisotopic (exact) mass is 297 g/mol. The second kappa shape index (κ2) is 5.19. The van der Waals surface area contributed by atoms with Crippen molar-refractivity contribution in [2.75, 3.05) is 11.9 Å². The van der Waals surface area contributed by atoms with Gasteiger partial charge in [-0.25, -0.2) is 0 Å². The van der Waals surface area contributed by atoms with Crippen LogP contribution in [0.1, 0.15) is 18.9 Å². The average Bonchev–Trinajstić information content (AvgIpc) is 2.68. The Morgan fingerprint density at radius 2 is 2.29 bits per heavy atom. The summed E-state index contributed by atoms with van der Waals surface area (Å²) in [5.74, 6) is 0.0264. The Morgan fingerprint density at radius 1 is 1.53 bits per heavy atom. The van der Waals surface area contributed by atoms with E-state index < -0.39 is 0 Å². The fourth-order valence-electron chi connectivity index (χ4n) is 2.07. The number of carbonyl (C=O) groups is 1. The second-order valence-electron chi connectivity index (χ2n) is 4.42. The Labute approximate surface area is 110 Å². The summed E-state index contributed by atoms with van der Waals surface area (Å²) in [7, 11) is 0. The summed E-state index contributed by atoms with van der Waals surface area (Å²) >= 11 is 3.41. The van der Waals surface area contributed by atoms with E-state index in [2.05, 4.69) is 21.2 Å². The molecule has 1 N–H and O–H groups in total. The number of carbonyl (C=O) groups excluding carboxylic acids is 1. The summed E-state index contributed by atoms with van der Waals surface area (Å²) in [4.78, 5) is 12.1. The van der Waals surface area contributed by atoms with E-state index in [1.807, 2.05) is 32.0 Å². The van der Waals surface area contributed by atoms with E-state index in [0.29, 0.717) is 6.61 Å². The lowest BCUT2D eigenvalue weighted by Gasteiger charge is -2.15. The molecular weight excluding hydrogens is 282 g/mol. The Balaban J connectivity index is 2.07. The summed E-state index contributed by atoms with van der Waals surface area (Å²) in [6.07, 6.45) is 0.827. The molecule has 1 aliphatic heterocycles. The number of anilines is 1. The van der Waals surface area contributed by atoms with Crippen molar-refractivity contribution in [2.24, 2.45) is 5.92 Å². The highest BCUT2D eigenvalue weighted by Crippen LogP contribution is 2.24. The Kier molecular flexibility index (Phi) is 3.84.